The van der Waals surface area contributed by atoms with Crippen molar-refractivity contribution in [2.75, 3.05) is 6.61 Å². The van der Waals surface area contributed by atoms with Crippen molar-refractivity contribution < 1.29 is 14.6 Å². The highest BCUT2D eigenvalue weighted by molar-refractivity contribution is 5.84. The summed E-state index contributed by atoms with van der Waals surface area (Å²) in [6.07, 6.45) is 6.47. The fourth-order valence-corrected chi connectivity index (χ4v) is 1.02. The Balaban J connectivity index is 3.80. The van der Waals surface area contributed by atoms with E-state index in [1.807, 2.05) is 6.92 Å². The van der Waals surface area contributed by atoms with E-state index >= 15 is 0 Å². The molecule has 1 N–H and O–H groups in total. The summed E-state index contributed by atoms with van der Waals surface area (Å²) in [5, 5.41) is 8.76. The third kappa shape index (κ3) is 6.52. The highest BCUT2D eigenvalue weighted by Gasteiger charge is 2.06. The zero-order valence-electron chi connectivity index (χ0n) is 9.08. The lowest BCUT2D eigenvalue weighted by molar-refractivity contribution is -0.136. The molecule has 0 unspecified atom stereocenters. The van der Waals surface area contributed by atoms with Crippen LogP contribution >= 0.6 is 0 Å². The third-order valence-electron chi connectivity index (χ3n) is 1.83. The summed E-state index contributed by atoms with van der Waals surface area (Å²) >= 11 is 0. The van der Waals surface area contributed by atoms with Crippen LogP contribution in [0.15, 0.2) is 11.8 Å². The van der Waals surface area contributed by atoms with Crippen LogP contribution in [0.3, 0.4) is 0 Å². The molecule has 0 aliphatic carbocycles. The Morgan fingerprint density at radius 2 is 2.00 bits per heavy atom. The number of aliphatic carboxylic acids is 1. The molecule has 0 atom stereocenters. The zero-order valence-corrected chi connectivity index (χ0v) is 9.08. The van der Waals surface area contributed by atoms with E-state index in [0.717, 1.165) is 32.1 Å². The maximum atomic E-state index is 10.7. The first-order valence-electron chi connectivity index (χ1n) is 5.28. The predicted octanol–water partition coefficient (Wildman–Crippen LogP) is 2.96. The molecule has 0 saturated heterocycles. The molecule has 0 aromatic heterocycles. The summed E-state index contributed by atoms with van der Waals surface area (Å²) in [7, 11) is 0. The van der Waals surface area contributed by atoms with E-state index in [-0.39, 0.29) is 5.76 Å². The molecule has 0 amide bonds. The topological polar surface area (TPSA) is 46.5 Å². The molecule has 82 valence electrons. The van der Waals surface area contributed by atoms with Gasteiger partial charge in [-0.15, -0.1) is 0 Å². The van der Waals surface area contributed by atoms with Gasteiger partial charge in [-0.2, -0.15) is 0 Å². The van der Waals surface area contributed by atoms with Gasteiger partial charge < -0.3 is 9.84 Å². The van der Waals surface area contributed by atoms with Gasteiger partial charge in [-0.1, -0.05) is 33.1 Å². The van der Waals surface area contributed by atoms with Crippen LogP contribution in [0.4, 0.5) is 0 Å². The van der Waals surface area contributed by atoms with E-state index < -0.39 is 5.97 Å². The predicted molar refractivity (Wildman–Crippen MR) is 56.1 cm³/mol. The quantitative estimate of drug-likeness (QED) is 0.372. The Kier molecular flexibility index (Phi) is 7.99. The maximum Gasteiger partial charge on any atom is 0.370 e. The first-order valence-corrected chi connectivity index (χ1v) is 5.28. The number of ether oxygens (including phenoxy) is 1. The number of carbonyl (C=O) groups is 1. The van der Waals surface area contributed by atoms with Gasteiger partial charge in [0, 0.05) is 0 Å². The second-order valence-corrected chi connectivity index (χ2v) is 3.22. The van der Waals surface area contributed by atoms with E-state index in [4.69, 9.17) is 9.84 Å². The number of allylic oxidation sites excluding steroid dienone is 1. The summed E-state index contributed by atoms with van der Waals surface area (Å²) in [4.78, 5) is 10.7. The molecule has 0 rings (SSSR count). The molecule has 0 spiro atoms. The van der Waals surface area contributed by atoms with Gasteiger partial charge in [-0.3, -0.25) is 0 Å². The number of carboxylic acids is 1. The van der Waals surface area contributed by atoms with E-state index in [1.165, 1.54) is 0 Å². The Hall–Kier alpha value is -0.990. The average molecular weight is 200 g/mol. The van der Waals surface area contributed by atoms with Crippen LogP contribution in [0.25, 0.3) is 0 Å². The second kappa shape index (κ2) is 8.60. The van der Waals surface area contributed by atoms with Crippen LogP contribution < -0.4 is 0 Å². The number of unbranched alkanes of at least 4 members (excludes halogenated alkanes) is 3. The number of hydrogen-bond acceptors (Lipinski definition) is 2. The van der Waals surface area contributed by atoms with Gasteiger partial charge in [-0.25, -0.2) is 4.79 Å². The van der Waals surface area contributed by atoms with Crippen LogP contribution in [-0.2, 0) is 9.53 Å². The first-order chi connectivity index (χ1) is 6.72. The SMILES string of the molecule is CCC/C=C(\OCCCCC)C(=O)O. The summed E-state index contributed by atoms with van der Waals surface area (Å²) in [5.41, 5.74) is 0. The normalized spacial score (nSPS) is 11.4. The molecule has 3 nitrogen and oxygen atoms in total. The minimum absolute atomic E-state index is 0.1000. The average Bonchev–Trinajstić information content (AvgIpc) is 2.16. The third-order valence-corrected chi connectivity index (χ3v) is 1.83. The molecule has 0 aromatic rings. The van der Waals surface area contributed by atoms with Crippen molar-refractivity contribution in [1.82, 2.24) is 0 Å². The van der Waals surface area contributed by atoms with Crippen LogP contribution in [0.5, 0.6) is 0 Å². The van der Waals surface area contributed by atoms with Crippen LogP contribution in [0.1, 0.15) is 46.0 Å². The number of rotatable bonds is 8. The minimum atomic E-state index is -0.963. The van der Waals surface area contributed by atoms with Gasteiger partial charge in [0.1, 0.15) is 0 Å². The lowest BCUT2D eigenvalue weighted by atomic mass is 10.2. The number of carboxylic acid groups (broad SMARTS) is 1. The van der Waals surface area contributed by atoms with E-state index in [1.54, 1.807) is 6.08 Å². The molecule has 0 aromatic carbocycles. The minimum Gasteiger partial charge on any atom is -0.487 e. The summed E-state index contributed by atoms with van der Waals surface area (Å²) in [6.45, 7) is 4.62. The van der Waals surface area contributed by atoms with Crippen molar-refractivity contribution in [3.05, 3.63) is 11.8 Å². The first kappa shape index (κ1) is 13.0. The Morgan fingerprint density at radius 3 is 2.50 bits per heavy atom. The van der Waals surface area contributed by atoms with Crippen LogP contribution in [0.2, 0.25) is 0 Å². The molecule has 0 saturated carbocycles. The Morgan fingerprint density at radius 1 is 1.29 bits per heavy atom. The van der Waals surface area contributed by atoms with Crippen LogP contribution in [0, 0.1) is 0 Å². The van der Waals surface area contributed by atoms with E-state index in [2.05, 4.69) is 6.92 Å². The smallest absolute Gasteiger partial charge is 0.370 e. The molecule has 0 radical (unpaired) electrons. The largest absolute Gasteiger partial charge is 0.487 e. The lowest BCUT2D eigenvalue weighted by Crippen LogP contribution is -2.06. The van der Waals surface area contributed by atoms with Gasteiger partial charge in [0.15, 0.2) is 5.76 Å². The molecule has 0 aliphatic heterocycles. The van der Waals surface area contributed by atoms with Crippen molar-refractivity contribution in [2.45, 2.75) is 46.0 Å². The van der Waals surface area contributed by atoms with E-state index in [9.17, 15) is 4.79 Å². The monoisotopic (exact) mass is 200 g/mol. The van der Waals surface area contributed by atoms with Crippen molar-refractivity contribution in [2.24, 2.45) is 0 Å². The maximum absolute atomic E-state index is 10.7. The second-order valence-electron chi connectivity index (χ2n) is 3.22. The Bertz CT molecular complexity index is 185. The lowest BCUT2D eigenvalue weighted by Gasteiger charge is -2.05. The fourth-order valence-electron chi connectivity index (χ4n) is 1.02. The van der Waals surface area contributed by atoms with Gasteiger partial charge in [-0.05, 0) is 18.9 Å². The summed E-state index contributed by atoms with van der Waals surface area (Å²) in [5.74, 6) is -0.863. The molecular formula is C11H20O3. The van der Waals surface area contributed by atoms with Crippen molar-refractivity contribution in [3.8, 4) is 0 Å². The molecule has 3 heteroatoms. The van der Waals surface area contributed by atoms with E-state index in [0.29, 0.717) is 6.61 Å². The van der Waals surface area contributed by atoms with Gasteiger partial charge in [0.05, 0.1) is 6.61 Å². The summed E-state index contributed by atoms with van der Waals surface area (Å²) in [6, 6.07) is 0. The number of hydrogen-bond donors (Lipinski definition) is 1. The fraction of sp³-hybridized carbons (Fsp3) is 0.727. The molecular weight excluding hydrogens is 180 g/mol. The van der Waals surface area contributed by atoms with Crippen molar-refractivity contribution >= 4 is 5.97 Å². The molecule has 14 heavy (non-hydrogen) atoms. The van der Waals surface area contributed by atoms with Crippen molar-refractivity contribution in [1.29, 1.82) is 0 Å². The molecule has 0 aliphatic rings. The summed E-state index contributed by atoms with van der Waals surface area (Å²) < 4.78 is 5.17. The highest BCUT2D eigenvalue weighted by atomic mass is 16.5. The van der Waals surface area contributed by atoms with Gasteiger partial charge in [0.2, 0.25) is 0 Å². The molecule has 0 heterocycles. The highest BCUT2D eigenvalue weighted by Crippen LogP contribution is 2.04. The van der Waals surface area contributed by atoms with Crippen LogP contribution in [-0.4, -0.2) is 17.7 Å². The van der Waals surface area contributed by atoms with Gasteiger partial charge >= 0.3 is 5.97 Å². The zero-order chi connectivity index (χ0) is 10.8. The molecule has 0 fully saturated rings. The molecule has 0 bridgehead atoms. The Labute approximate surface area is 85.8 Å². The standard InChI is InChI=1S/C11H20O3/c1-3-5-7-9-14-10(11(12)13)8-6-4-2/h8H,3-7,9H2,1-2H3,(H,12,13)/b10-8-. The van der Waals surface area contributed by atoms with Crippen molar-refractivity contribution in [3.63, 3.8) is 0 Å². The van der Waals surface area contributed by atoms with Gasteiger partial charge in [0.25, 0.3) is 0 Å².